The van der Waals surface area contributed by atoms with Gasteiger partial charge in [0.15, 0.2) is 6.29 Å². The van der Waals surface area contributed by atoms with Crippen LogP contribution in [0, 0.1) is 0 Å². The molecule has 0 radical (unpaired) electrons. The topological polar surface area (TPSA) is 76.0 Å². The summed E-state index contributed by atoms with van der Waals surface area (Å²) in [4.78, 5) is 17.9. The lowest BCUT2D eigenvalue weighted by atomic mass is 10.2. The Bertz CT molecular complexity index is 567. The van der Waals surface area contributed by atoms with Crippen LogP contribution in [0.4, 0.5) is 0 Å². The molecule has 0 saturated carbocycles. The van der Waals surface area contributed by atoms with E-state index in [-0.39, 0.29) is 6.61 Å². The molecule has 0 fully saturated rings. The summed E-state index contributed by atoms with van der Waals surface area (Å²) in [5.74, 6) is 0. The molecule has 2 rings (SSSR count). The molecular weight excluding hydrogens is 279 g/mol. The van der Waals surface area contributed by atoms with Gasteiger partial charge in [0.25, 0.3) is 0 Å². The molecule has 2 aromatic rings. The summed E-state index contributed by atoms with van der Waals surface area (Å²) < 4.78 is 21.2. The van der Waals surface area contributed by atoms with Crippen LogP contribution in [-0.2, 0) is 20.4 Å². The maximum absolute atomic E-state index is 11.0. The first-order valence-corrected chi connectivity index (χ1v) is 7.52. The summed E-state index contributed by atoms with van der Waals surface area (Å²) in [6, 6.07) is 18.0. The normalized spacial score (nSPS) is 13.1. The van der Waals surface area contributed by atoms with Gasteiger partial charge in [-0.3, -0.25) is 4.52 Å². The number of phosphoric acid groups is 1. The highest BCUT2D eigenvalue weighted by atomic mass is 31.2. The highest BCUT2D eigenvalue weighted by Crippen LogP contribution is 2.42. The molecule has 0 aliphatic rings. The van der Waals surface area contributed by atoms with Gasteiger partial charge in [0.1, 0.15) is 0 Å². The molecule has 2 aromatic carbocycles. The molecule has 0 aliphatic heterocycles. The summed E-state index contributed by atoms with van der Waals surface area (Å²) in [6.07, 6.45) is -1.11. The predicted molar refractivity (Wildman–Crippen MR) is 73.5 cm³/mol. The third kappa shape index (κ3) is 4.89. The van der Waals surface area contributed by atoms with Crippen molar-refractivity contribution >= 4 is 7.82 Å². The summed E-state index contributed by atoms with van der Waals surface area (Å²) in [5.41, 5.74) is 1.44. The molecule has 0 amide bonds. The molecule has 5 nitrogen and oxygen atoms in total. The van der Waals surface area contributed by atoms with Crippen LogP contribution in [0.2, 0.25) is 0 Å². The first-order chi connectivity index (χ1) is 9.54. The summed E-state index contributed by atoms with van der Waals surface area (Å²) >= 11 is 0. The van der Waals surface area contributed by atoms with E-state index in [4.69, 9.17) is 19.0 Å². The molecule has 1 unspecified atom stereocenters. The predicted octanol–water partition coefficient (Wildman–Crippen LogP) is 3.01. The van der Waals surface area contributed by atoms with Gasteiger partial charge in [0, 0.05) is 5.56 Å². The minimum absolute atomic E-state index is 0.195. The van der Waals surface area contributed by atoms with Gasteiger partial charge in [-0.05, 0) is 5.56 Å². The van der Waals surface area contributed by atoms with Crippen LogP contribution >= 0.6 is 7.82 Å². The van der Waals surface area contributed by atoms with Crippen molar-refractivity contribution in [1.29, 1.82) is 0 Å². The van der Waals surface area contributed by atoms with E-state index in [1.54, 1.807) is 30.3 Å². The lowest BCUT2D eigenvalue weighted by Gasteiger charge is -2.19. The molecule has 0 saturated heterocycles. The number of hydrogen-bond acceptors (Lipinski definition) is 3. The maximum Gasteiger partial charge on any atom is 0.472 e. The van der Waals surface area contributed by atoms with Crippen molar-refractivity contribution in [1.82, 2.24) is 0 Å². The maximum atomic E-state index is 11.0. The highest BCUT2D eigenvalue weighted by molar-refractivity contribution is 7.46. The standard InChI is InChI=1S/C14H15O5P/c15-20(16,17)19-14(13-9-5-2-6-10-13)18-11-12-7-3-1-4-8-12/h1-10,14H,11H2,(H2,15,16,17). The van der Waals surface area contributed by atoms with E-state index in [0.29, 0.717) is 5.56 Å². The van der Waals surface area contributed by atoms with Gasteiger partial charge < -0.3 is 14.5 Å². The van der Waals surface area contributed by atoms with E-state index >= 15 is 0 Å². The van der Waals surface area contributed by atoms with Gasteiger partial charge in [-0.15, -0.1) is 0 Å². The van der Waals surface area contributed by atoms with Crippen molar-refractivity contribution in [3.8, 4) is 0 Å². The van der Waals surface area contributed by atoms with Gasteiger partial charge in [-0.2, -0.15) is 0 Å². The fourth-order valence-electron chi connectivity index (χ4n) is 1.67. The molecule has 0 aliphatic carbocycles. The molecule has 106 valence electrons. The number of hydrogen-bond donors (Lipinski definition) is 2. The van der Waals surface area contributed by atoms with Crippen LogP contribution in [0.1, 0.15) is 17.4 Å². The summed E-state index contributed by atoms with van der Waals surface area (Å²) in [6.45, 7) is 0.195. The van der Waals surface area contributed by atoms with Crippen LogP contribution in [0.25, 0.3) is 0 Å². The van der Waals surface area contributed by atoms with Gasteiger partial charge in [0.2, 0.25) is 0 Å². The number of phosphoric ester groups is 1. The van der Waals surface area contributed by atoms with E-state index in [0.717, 1.165) is 5.56 Å². The molecule has 1 atom stereocenters. The Hall–Kier alpha value is -1.49. The van der Waals surface area contributed by atoms with Gasteiger partial charge in [-0.1, -0.05) is 60.7 Å². The Morgan fingerprint density at radius 2 is 1.50 bits per heavy atom. The molecule has 0 aromatic heterocycles. The Labute approximate surface area is 117 Å². The molecule has 2 N–H and O–H groups in total. The summed E-state index contributed by atoms with van der Waals surface area (Å²) in [7, 11) is -4.63. The van der Waals surface area contributed by atoms with Crippen molar-refractivity contribution in [2.45, 2.75) is 12.9 Å². The van der Waals surface area contributed by atoms with Crippen LogP contribution in [0.15, 0.2) is 60.7 Å². The average molecular weight is 294 g/mol. The zero-order chi connectivity index (χ0) is 14.4. The number of benzene rings is 2. The van der Waals surface area contributed by atoms with E-state index in [9.17, 15) is 4.57 Å². The van der Waals surface area contributed by atoms with Crippen LogP contribution < -0.4 is 0 Å². The zero-order valence-electron chi connectivity index (χ0n) is 10.6. The first kappa shape index (κ1) is 14.9. The highest BCUT2D eigenvalue weighted by Gasteiger charge is 2.24. The Morgan fingerprint density at radius 3 is 2.05 bits per heavy atom. The van der Waals surface area contributed by atoms with E-state index in [1.165, 1.54) is 0 Å². The lowest BCUT2D eigenvalue weighted by molar-refractivity contribution is -0.105. The van der Waals surface area contributed by atoms with Gasteiger partial charge in [-0.25, -0.2) is 4.57 Å². The summed E-state index contributed by atoms with van der Waals surface area (Å²) in [5, 5.41) is 0. The second-order valence-corrected chi connectivity index (χ2v) is 5.33. The third-order valence-electron chi connectivity index (χ3n) is 2.55. The van der Waals surface area contributed by atoms with Crippen LogP contribution in [-0.4, -0.2) is 9.79 Å². The molecule has 20 heavy (non-hydrogen) atoms. The Kier molecular flexibility index (Phi) is 5.06. The molecular formula is C14H15O5P. The van der Waals surface area contributed by atoms with Crippen LogP contribution in [0.5, 0.6) is 0 Å². The first-order valence-electron chi connectivity index (χ1n) is 5.99. The van der Waals surface area contributed by atoms with Gasteiger partial charge >= 0.3 is 7.82 Å². The Morgan fingerprint density at radius 1 is 0.950 bits per heavy atom. The Balaban J connectivity index is 2.09. The largest absolute Gasteiger partial charge is 0.472 e. The van der Waals surface area contributed by atoms with Crippen molar-refractivity contribution in [3.05, 3.63) is 71.8 Å². The second kappa shape index (κ2) is 6.79. The zero-order valence-corrected chi connectivity index (χ0v) is 11.5. The SMILES string of the molecule is O=P(O)(O)OC(OCc1ccccc1)c1ccccc1. The number of rotatable bonds is 6. The monoisotopic (exact) mass is 294 g/mol. The minimum atomic E-state index is -4.63. The van der Waals surface area contributed by atoms with E-state index in [2.05, 4.69) is 0 Å². The minimum Gasteiger partial charge on any atom is -0.343 e. The second-order valence-electron chi connectivity index (χ2n) is 4.14. The fourth-order valence-corrected chi connectivity index (χ4v) is 2.10. The molecule has 0 bridgehead atoms. The lowest BCUT2D eigenvalue weighted by Crippen LogP contribution is -2.07. The van der Waals surface area contributed by atoms with Crippen LogP contribution in [0.3, 0.4) is 0 Å². The van der Waals surface area contributed by atoms with Crippen molar-refractivity contribution in [2.24, 2.45) is 0 Å². The average Bonchev–Trinajstić information content (AvgIpc) is 2.44. The fraction of sp³-hybridized carbons (Fsp3) is 0.143. The van der Waals surface area contributed by atoms with E-state index in [1.807, 2.05) is 30.3 Å². The smallest absolute Gasteiger partial charge is 0.343 e. The van der Waals surface area contributed by atoms with Gasteiger partial charge in [0.05, 0.1) is 6.61 Å². The number of ether oxygens (including phenoxy) is 1. The van der Waals surface area contributed by atoms with E-state index < -0.39 is 14.1 Å². The van der Waals surface area contributed by atoms with Crippen molar-refractivity contribution in [3.63, 3.8) is 0 Å². The molecule has 0 heterocycles. The molecule has 6 heteroatoms. The van der Waals surface area contributed by atoms with Crippen molar-refractivity contribution < 1.29 is 23.6 Å². The molecule has 0 spiro atoms. The third-order valence-corrected chi connectivity index (χ3v) is 3.02. The quantitative estimate of drug-likeness (QED) is 0.632. The van der Waals surface area contributed by atoms with Crippen molar-refractivity contribution in [2.75, 3.05) is 0 Å².